The molecule has 0 spiro atoms. The van der Waals surface area contributed by atoms with Crippen molar-refractivity contribution in [1.82, 2.24) is 14.9 Å². The maximum atomic E-state index is 4.83. The van der Waals surface area contributed by atoms with Crippen molar-refractivity contribution in [2.24, 2.45) is 0 Å². The highest BCUT2D eigenvalue weighted by Crippen LogP contribution is 2.25. The van der Waals surface area contributed by atoms with Crippen molar-refractivity contribution in [1.29, 1.82) is 0 Å². The van der Waals surface area contributed by atoms with Crippen molar-refractivity contribution in [2.75, 3.05) is 43.4 Å². The van der Waals surface area contributed by atoms with E-state index in [9.17, 15) is 0 Å². The topological polar surface area (TPSA) is 44.3 Å². The van der Waals surface area contributed by atoms with Crippen LogP contribution >= 0.6 is 0 Å². The largest absolute Gasteiger partial charge is 0.370 e. The molecule has 0 radical (unpaired) electrons. The van der Waals surface area contributed by atoms with E-state index in [0.717, 1.165) is 43.6 Å². The molecule has 1 saturated heterocycles. The number of rotatable bonds is 3. The summed E-state index contributed by atoms with van der Waals surface area (Å²) < 4.78 is 0. The van der Waals surface area contributed by atoms with Crippen LogP contribution in [0.3, 0.4) is 0 Å². The van der Waals surface area contributed by atoms with Crippen LogP contribution in [0.2, 0.25) is 0 Å². The van der Waals surface area contributed by atoms with Gasteiger partial charge in [0, 0.05) is 43.7 Å². The third kappa shape index (κ3) is 3.84. The molecule has 5 heteroatoms. The number of aromatic nitrogens is 2. The zero-order chi connectivity index (χ0) is 15.6. The van der Waals surface area contributed by atoms with Crippen LogP contribution in [0.1, 0.15) is 40.4 Å². The molecule has 1 aliphatic heterocycles. The highest BCUT2D eigenvalue weighted by Gasteiger charge is 2.25. The molecule has 1 fully saturated rings. The second kappa shape index (κ2) is 6.18. The molecule has 2 rings (SSSR count). The van der Waals surface area contributed by atoms with E-state index in [1.807, 2.05) is 0 Å². The first-order valence-electron chi connectivity index (χ1n) is 7.90. The fraction of sp³-hybridized carbons (Fsp3) is 0.750. The molecule has 118 valence electrons. The molecule has 1 aliphatic rings. The molecule has 2 heterocycles. The Morgan fingerprint density at radius 3 is 2.57 bits per heavy atom. The summed E-state index contributed by atoms with van der Waals surface area (Å²) in [4.78, 5) is 14.3. The van der Waals surface area contributed by atoms with Gasteiger partial charge in [0.05, 0.1) is 0 Å². The summed E-state index contributed by atoms with van der Waals surface area (Å²) in [6.45, 7) is 14.8. The van der Waals surface area contributed by atoms with Crippen LogP contribution in [0.15, 0.2) is 6.07 Å². The molecule has 1 unspecified atom stereocenters. The maximum absolute atomic E-state index is 4.83. The summed E-state index contributed by atoms with van der Waals surface area (Å²) in [5, 5.41) is 3.33. The van der Waals surface area contributed by atoms with E-state index in [0.29, 0.717) is 6.04 Å². The first-order valence-corrected chi connectivity index (χ1v) is 7.90. The average molecular weight is 291 g/mol. The SMILES string of the molecule is CCNc1cc(N2CCN(C)C(C)C2)nc(C(C)(C)C)n1. The van der Waals surface area contributed by atoms with E-state index in [4.69, 9.17) is 4.98 Å². The Morgan fingerprint density at radius 2 is 2.00 bits per heavy atom. The quantitative estimate of drug-likeness (QED) is 0.926. The van der Waals surface area contributed by atoms with Crippen molar-refractivity contribution < 1.29 is 0 Å². The van der Waals surface area contributed by atoms with E-state index in [2.05, 4.69) is 67.8 Å². The number of piperazine rings is 1. The number of anilines is 2. The van der Waals surface area contributed by atoms with E-state index in [1.54, 1.807) is 0 Å². The fourth-order valence-electron chi connectivity index (χ4n) is 2.46. The van der Waals surface area contributed by atoms with Crippen LogP contribution in [0.4, 0.5) is 11.6 Å². The van der Waals surface area contributed by atoms with Gasteiger partial charge in [-0.1, -0.05) is 20.8 Å². The molecule has 0 aliphatic carbocycles. The first-order chi connectivity index (χ1) is 9.81. The van der Waals surface area contributed by atoms with Crippen LogP contribution in [-0.4, -0.2) is 54.1 Å². The summed E-state index contributed by atoms with van der Waals surface area (Å²) >= 11 is 0. The fourth-order valence-corrected chi connectivity index (χ4v) is 2.46. The Labute approximate surface area is 128 Å². The Balaban J connectivity index is 2.31. The third-order valence-electron chi connectivity index (χ3n) is 4.03. The molecule has 1 aromatic heterocycles. The zero-order valence-electron chi connectivity index (χ0n) is 14.3. The molecule has 21 heavy (non-hydrogen) atoms. The van der Waals surface area contributed by atoms with Crippen molar-refractivity contribution in [3.63, 3.8) is 0 Å². The van der Waals surface area contributed by atoms with Gasteiger partial charge in [0.1, 0.15) is 17.5 Å². The van der Waals surface area contributed by atoms with E-state index < -0.39 is 0 Å². The zero-order valence-corrected chi connectivity index (χ0v) is 14.3. The van der Waals surface area contributed by atoms with Crippen LogP contribution in [0, 0.1) is 0 Å². The normalized spacial score (nSPS) is 20.7. The number of hydrogen-bond acceptors (Lipinski definition) is 5. The molecule has 5 nitrogen and oxygen atoms in total. The van der Waals surface area contributed by atoms with Crippen molar-refractivity contribution in [3.05, 3.63) is 11.9 Å². The third-order valence-corrected chi connectivity index (χ3v) is 4.03. The van der Waals surface area contributed by atoms with Gasteiger partial charge >= 0.3 is 0 Å². The van der Waals surface area contributed by atoms with Gasteiger partial charge < -0.3 is 15.1 Å². The predicted molar refractivity (Wildman–Crippen MR) is 89.2 cm³/mol. The summed E-state index contributed by atoms with van der Waals surface area (Å²) in [6.07, 6.45) is 0. The minimum absolute atomic E-state index is 0.0433. The van der Waals surface area contributed by atoms with Gasteiger partial charge in [0.2, 0.25) is 0 Å². The predicted octanol–water partition coefficient (Wildman–Crippen LogP) is 2.35. The first kappa shape index (κ1) is 16.0. The Bertz CT molecular complexity index is 480. The smallest absolute Gasteiger partial charge is 0.138 e. The standard InChI is InChI=1S/C16H29N5/c1-7-17-13-10-14(19-15(18-13)16(3,4)5)21-9-8-20(6)12(2)11-21/h10,12H,7-9,11H2,1-6H3,(H,17,18,19). The van der Waals surface area contributed by atoms with E-state index in [-0.39, 0.29) is 5.41 Å². The Hall–Kier alpha value is -1.36. The lowest BCUT2D eigenvalue weighted by molar-refractivity contribution is 0.233. The van der Waals surface area contributed by atoms with E-state index >= 15 is 0 Å². The molecule has 1 atom stereocenters. The molecule has 1 aromatic rings. The van der Waals surface area contributed by atoms with Crippen LogP contribution in [-0.2, 0) is 5.41 Å². The molecule has 0 bridgehead atoms. The molecular formula is C16H29N5. The lowest BCUT2D eigenvalue weighted by Crippen LogP contribution is -2.50. The molecule has 0 amide bonds. The van der Waals surface area contributed by atoms with Crippen LogP contribution < -0.4 is 10.2 Å². The van der Waals surface area contributed by atoms with Gasteiger partial charge in [0.25, 0.3) is 0 Å². The summed E-state index contributed by atoms with van der Waals surface area (Å²) in [6, 6.07) is 2.63. The van der Waals surface area contributed by atoms with Gasteiger partial charge in [-0.05, 0) is 20.9 Å². The van der Waals surface area contributed by atoms with Gasteiger partial charge in [-0.15, -0.1) is 0 Å². The lowest BCUT2D eigenvalue weighted by Gasteiger charge is -2.38. The summed E-state index contributed by atoms with van der Waals surface area (Å²) in [5.41, 5.74) is -0.0433. The average Bonchev–Trinajstić information content (AvgIpc) is 2.41. The Kier molecular flexibility index (Phi) is 4.71. The highest BCUT2D eigenvalue weighted by atomic mass is 15.3. The van der Waals surface area contributed by atoms with Gasteiger partial charge in [0.15, 0.2) is 0 Å². The van der Waals surface area contributed by atoms with Crippen molar-refractivity contribution in [2.45, 2.75) is 46.1 Å². The minimum Gasteiger partial charge on any atom is -0.370 e. The lowest BCUT2D eigenvalue weighted by atomic mass is 9.95. The monoisotopic (exact) mass is 291 g/mol. The minimum atomic E-state index is -0.0433. The number of hydrogen-bond donors (Lipinski definition) is 1. The number of nitrogens with one attached hydrogen (secondary N) is 1. The highest BCUT2D eigenvalue weighted by molar-refractivity contribution is 5.50. The van der Waals surface area contributed by atoms with Gasteiger partial charge in [-0.3, -0.25) is 0 Å². The van der Waals surface area contributed by atoms with Crippen LogP contribution in [0.25, 0.3) is 0 Å². The van der Waals surface area contributed by atoms with E-state index in [1.165, 1.54) is 0 Å². The molecule has 1 N–H and O–H groups in total. The molecular weight excluding hydrogens is 262 g/mol. The molecule has 0 saturated carbocycles. The second-order valence-electron chi connectivity index (χ2n) is 6.99. The van der Waals surface area contributed by atoms with Crippen LogP contribution in [0.5, 0.6) is 0 Å². The number of likely N-dealkylation sites (N-methyl/N-ethyl adjacent to an activating group) is 1. The number of nitrogens with zero attached hydrogens (tertiary/aromatic N) is 4. The second-order valence-corrected chi connectivity index (χ2v) is 6.99. The molecule has 0 aromatic carbocycles. The van der Waals surface area contributed by atoms with Crippen molar-refractivity contribution in [3.8, 4) is 0 Å². The Morgan fingerprint density at radius 1 is 1.29 bits per heavy atom. The van der Waals surface area contributed by atoms with Gasteiger partial charge in [-0.25, -0.2) is 9.97 Å². The summed E-state index contributed by atoms with van der Waals surface area (Å²) in [7, 11) is 2.19. The van der Waals surface area contributed by atoms with Crippen molar-refractivity contribution >= 4 is 11.6 Å². The maximum Gasteiger partial charge on any atom is 0.138 e. The summed E-state index contributed by atoms with van der Waals surface area (Å²) in [5.74, 6) is 2.88. The van der Waals surface area contributed by atoms with Gasteiger partial charge in [-0.2, -0.15) is 0 Å².